The molecule has 2 rings (SSSR count). The van der Waals surface area contributed by atoms with Crippen LogP contribution in [0, 0.1) is 0 Å². The van der Waals surface area contributed by atoms with Gasteiger partial charge in [-0.3, -0.25) is 4.90 Å². The fourth-order valence-electron chi connectivity index (χ4n) is 2.67. The molecule has 3 heteroatoms. The molecule has 20 heavy (non-hydrogen) atoms. The van der Waals surface area contributed by atoms with Gasteiger partial charge in [-0.15, -0.1) is 0 Å². The number of carbonyl (C=O) groups excluding carboxylic acids is 1. The highest BCUT2D eigenvalue weighted by Crippen LogP contribution is 2.27. The third-order valence-corrected chi connectivity index (χ3v) is 3.50. The Hall–Kier alpha value is -1.35. The fourth-order valence-corrected chi connectivity index (χ4v) is 2.67. The zero-order chi connectivity index (χ0) is 14.6. The minimum absolute atomic E-state index is 0.134. The molecular weight excluding hydrogens is 250 g/mol. The van der Waals surface area contributed by atoms with Gasteiger partial charge in [0.05, 0.1) is 0 Å². The molecular formula is C17H25NO2. The van der Waals surface area contributed by atoms with Crippen molar-refractivity contribution in [3.63, 3.8) is 0 Å². The molecule has 1 saturated heterocycles. The Morgan fingerprint density at radius 3 is 2.25 bits per heavy atom. The standard InChI is InChI=1S/C17H25NO2/c1-17(2,3)20-16(19)15(14-10-6-4-7-11-14)18-12-8-5-9-13-18/h4,6-7,10-11,15H,5,8-9,12-13H2,1-3H3. The Balaban J connectivity index is 2.22. The van der Waals surface area contributed by atoms with Crippen LogP contribution < -0.4 is 0 Å². The second-order valence-electron chi connectivity index (χ2n) is 6.44. The number of esters is 1. The SMILES string of the molecule is CC(C)(C)OC(=O)C(c1ccccc1)N1CCCCC1. The number of nitrogens with zero attached hydrogens (tertiary/aromatic N) is 1. The van der Waals surface area contributed by atoms with Crippen molar-refractivity contribution >= 4 is 5.97 Å². The third-order valence-electron chi connectivity index (χ3n) is 3.50. The summed E-state index contributed by atoms with van der Waals surface area (Å²) in [4.78, 5) is 14.9. The number of benzene rings is 1. The minimum atomic E-state index is -0.445. The first-order valence-corrected chi connectivity index (χ1v) is 7.49. The van der Waals surface area contributed by atoms with Crippen LogP contribution in [0.2, 0.25) is 0 Å². The molecule has 1 heterocycles. The van der Waals surface area contributed by atoms with Crippen molar-refractivity contribution in [2.45, 2.75) is 51.7 Å². The lowest BCUT2D eigenvalue weighted by atomic mass is 10.0. The predicted octanol–water partition coefficient (Wildman–Crippen LogP) is 3.56. The number of ether oxygens (including phenoxy) is 1. The number of piperidine rings is 1. The molecule has 0 saturated carbocycles. The van der Waals surface area contributed by atoms with Gasteiger partial charge in [-0.25, -0.2) is 4.79 Å². The summed E-state index contributed by atoms with van der Waals surface area (Å²) < 4.78 is 5.63. The fraction of sp³-hybridized carbons (Fsp3) is 0.588. The van der Waals surface area contributed by atoms with Crippen molar-refractivity contribution in [3.05, 3.63) is 35.9 Å². The minimum Gasteiger partial charge on any atom is -0.459 e. The summed E-state index contributed by atoms with van der Waals surface area (Å²) in [7, 11) is 0. The van der Waals surface area contributed by atoms with E-state index in [0.29, 0.717) is 0 Å². The van der Waals surface area contributed by atoms with E-state index in [9.17, 15) is 4.79 Å². The Bertz CT molecular complexity index is 430. The zero-order valence-corrected chi connectivity index (χ0v) is 12.8. The monoisotopic (exact) mass is 275 g/mol. The third kappa shape index (κ3) is 4.07. The van der Waals surface area contributed by atoms with E-state index >= 15 is 0 Å². The van der Waals surface area contributed by atoms with E-state index in [0.717, 1.165) is 31.5 Å². The molecule has 1 aromatic rings. The van der Waals surface area contributed by atoms with Gasteiger partial charge in [0.25, 0.3) is 0 Å². The van der Waals surface area contributed by atoms with Crippen LogP contribution in [-0.2, 0) is 9.53 Å². The molecule has 1 atom stereocenters. The van der Waals surface area contributed by atoms with E-state index in [4.69, 9.17) is 4.74 Å². The average Bonchev–Trinajstić information content (AvgIpc) is 2.39. The largest absolute Gasteiger partial charge is 0.459 e. The van der Waals surface area contributed by atoms with E-state index in [2.05, 4.69) is 4.90 Å². The Morgan fingerprint density at radius 1 is 1.10 bits per heavy atom. The van der Waals surface area contributed by atoms with Crippen LogP contribution in [-0.4, -0.2) is 29.6 Å². The summed E-state index contributed by atoms with van der Waals surface area (Å²) in [5.74, 6) is -0.134. The molecule has 3 nitrogen and oxygen atoms in total. The van der Waals surface area contributed by atoms with E-state index in [-0.39, 0.29) is 12.0 Å². The van der Waals surface area contributed by atoms with E-state index in [1.165, 1.54) is 6.42 Å². The van der Waals surface area contributed by atoms with Gasteiger partial charge >= 0.3 is 5.97 Å². The van der Waals surface area contributed by atoms with Gasteiger partial charge in [-0.1, -0.05) is 36.8 Å². The van der Waals surface area contributed by atoms with E-state index in [1.54, 1.807) is 0 Å². The van der Waals surface area contributed by atoms with Crippen LogP contribution in [0.4, 0.5) is 0 Å². The second kappa shape index (κ2) is 6.40. The summed E-state index contributed by atoms with van der Waals surface area (Å²) >= 11 is 0. The van der Waals surface area contributed by atoms with Gasteiger partial charge in [0.15, 0.2) is 0 Å². The summed E-state index contributed by atoms with van der Waals surface area (Å²) in [6, 6.07) is 9.71. The molecule has 1 fully saturated rings. The van der Waals surface area contributed by atoms with Crippen LogP contribution in [0.25, 0.3) is 0 Å². The van der Waals surface area contributed by atoms with Gasteiger partial charge in [0.2, 0.25) is 0 Å². The lowest BCUT2D eigenvalue weighted by Gasteiger charge is -2.35. The maximum absolute atomic E-state index is 12.6. The number of hydrogen-bond donors (Lipinski definition) is 0. The maximum atomic E-state index is 12.6. The molecule has 1 aliphatic rings. The summed E-state index contributed by atoms with van der Waals surface area (Å²) in [5, 5.41) is 0. The molecule has 0 aliphatic carbocycles. The lowest BCUT2D eigenvalue weighted by molar-refractivity contribution is -0.162. The Morgan fingerprint density at radius 2 is 1.70 bits per heavy atom. The molecule has 0 radical (unpaired) electrons. The normalized spacial score (nSPS) is 18.6. The van der Waals surface area contributed by atoms with Gasteiger partial charge in [-0.05, 0) is 52.3 Å². The summed E-state index contributed by atoms with van der Waals surface area (Å²) in [5.41, 5.74) is 0.587. The second-order valence-corrected chi connectivity index (χ2v) is 6.44. The number of carbonyl (C=O) groups is 1. The first-order chi connectivity index (χ1) is 9.47. The molecule has 1 unspecified atom stereocenters. The van der Waals surface area contributed by atoms with Crippen molar-refractivity contribution in [2.24, 2.45) is 0 Å². The van der Waals surface area contributed by atoms with Crippen molar-refractivity contribution in [1.29, 1.82) is 0 Å². The topological polar surface area (TPSA) is 29.5 Å². The van der Waals surface area contributed by atoms with Crippen LogP contribution >= 0.6 is 0 Å². The molecule has 1 aromatic carbocycles. The molecule has 0 aromatic heterocycles. The molecule has 0 amide bonds. The Kier molecular flexibility index (Phi) is 4.81. The molecule has 0 spiro atoms. The predicted molar refractivity (Wildman–Crippen MR) is 80.5 cm³/mol. The number of likely N-dealkylation sites (tertiary alicyclic amines) is 1. The first kappa shape index (κ1) is 15.0. The van der Waals surface area contributed by atoms with Crippen molar-refractivity contribution < 1.29 is 9.53 Å². The first-order valence-electron chi connectivity index (χ1n) is 7.49. The van der Waals surface area contributed by atoms with E-state index in [1.807, 2.05) is 51.1 Å². The maximum Gasteiger partial charge on any atom is 0.328 e. The molecule has 110 valence electrons. The van der Waals surface area contributed by atoms with Crippen LogP contribution in [0.5, 0.6) is 0 Å². The quantitative estimate of drug-likeness (QED) is 0.790. The van der Waals surface area contributed by atoms with Gasteiger partial charge in [0.1, 0.15) is 11.6 Å². The summed E-state index contributed by atoms with van der Waals surface area (Å²) in [6.45, 7) is 7.70. The average molecular weight is 275 g/mol. The summed E-state index contributed by atoms with van der Waals surface area (Å²) in [6.07, 6.45) is 3.57. The van der Waals surface area contributed by atoms with Crippen LogP contribution in [0.1, 0.15) is 51.6 Å². The van der Waals surface area contributed by atoms with Crippen molar-refractivity contribution in [1.82, 2.24) is 4.90 Å². The van der Waals surface area contributed by atoms with Gasteiger partial charge < -0.3 is 4.74 Å². The molecule has 0 N–H and O–H groups in total. The smallest absolute Gasteiger partial charge is 0.328 e. The Labute approximate surface area is 121 Å². The number of hydrogen-bond acceptors (Lipinski definition) is 3. The van der Waals surface area contributed by atoms with Crippen molar-refractivity contribution in [2.75, 3.05) is 13.1 Å². The molecule has 0 bridgehead atoms. The van der Waals surface area contributed by atoms with Crippen LogP contribution in [0.3, 0.4) is 0 Å². The number of rotatable bonds is 3. The lowest BCUT2D eigenvalue weighted by Crippen LogP contribution is -2.40. The highest BCUT2D eigenvalue weighted by molar-refractivity contribution is 5.78. The van der Waals surface area contributed by atoms with Gasteiger partial charge in [0, 0.05) is 0 Å². The van der Waals surface area contributed by atoms with Crippen LogP contribution in [0.15, 0.2) is 30.3 Å². The molecule has 1 aliphatic heterocycles. The van der Waals surface area contributed by atoms with E-state index < -0.39 is 5.60 Å². The zero-order valence-electron chi connectivity index (χ0n) is 12.8. The van der Waals surface area contributed by atoms with Crippen molar-refractivity contribution in [3.8, 4) is 0 Å². The van der Waals surface area contributed by atoms with Gasteiger partial charge in [-0.2, -0.15) is 0 Å². The highest BCUT2D eigenvalue weighted by atomic mass is 16.6. The highest BCUT2D eigenvalue weighted by Gasteiger charge is 2.32.